The fraction of sp³-hybridized carbons (Fsp3) is 0.308. The SMILES string of the molecule is CCCOc1c(Cl)cc(C(C)(C)c2ccc(C3=NCc4c(NS(C)(=O)=O)ncnc43)cc2)cc1C#N. The van der Waals surface area contributed by atoms with E-state index >= 15 is 0 Å². The van der Waals surface area contributed by atoms with Gasteiger partial charge in [-0.1, -0.05) is 56.6 Å². The minimum atomic E-state index is -3.47. The topological polar surface area (TPSA) is 117 Å². The number of anilines is 1. The zero-order chi connectivity index (χ0) is 26.1. The monoisotopic (exact) mass is 523 g/mol. The van der Waals surface area contributed by atoms with E-state index in [2.05, 4.69) is 39.6 Å². The summed E-state index contributed by atoms with van der Waals surface area (Å²) in [6, 6.07) is 13.8. The second-order valence-corrected chi connectivity index (χ2v) is 11.2. The fourth-order valence-corrected chi connectivity index (χ4v) is 4.89. The van der Waals surface area contributed by atoms with E-state index in [-0.39, 0.29) is 5.82 Å². The second-order valence-electron chi connectivity index (χ2n) is 9.09. The molecule has 1 aromatic heterocycles. The molecule has 0 bridgehead atoms. The Hall–Kier alpha value is -3.48. The molecule has 0 spiro atoms. The molecule has 0 fully saturated rings. The minimum absolute atomic E-state index is 0.246. The van der Waals surface area contributed by atoms with Crippen molar-refractivity contribution in [3.63, 3.8) is 0 Å². The van der Waals surface area contributed by atoms with Crippen LogP contribution in [-0.4, -0.2) is 37.0 Å². The highest BCUT2D eigenvalue weighted by Gasteiger charge is 2.28. The molecule has 8 nitrogen and oxygen atoms in total. The van der Waals surface area contributed by atoms with Gasteiger partial charge in [-0.25, -0.2) is 18.4 Å². The largest absolute Gasteiger partial charge is 0.491 e. The summed E-state index contributed by atoms with van der Waals surface area (Å²) in [6.45, 7) is 6.91. The number of nitrogens with zero attached hydrogens (tertiary/aromatic N) is 4. The van der Waals surface area contributed by atoms with Gasteiger partial charge < -0.3 is 4.74 Å². The smallest absolute Gasteiger partial charge is 0.230 e. The van der Waals surface area contributed by atoms with Gasteiger partial charge in [0.25, 0.3) is 0 Å². The van der Waals surface area contributed by atoms with Crippen LogP contribution < -0.4 is 9.46 Å². The van der Waals surface area contributed by atoms with E-state index in [1.807, 2.05) is 43.3 Å². The molecule has 4 rings (SSSR count). The standard InChI is InChI=1S/C26H26ClN5O3S/c1-5-10-35-24-17(13-28)11-19(12-21(24)27)26(2,3)18-8-6-16(7-9-18)22-23-20(14-29-22)25(31-15-30-23)32-36(4,33)34/h6-9,11-12,15H,5,10,14H2,1-4H3,(H,30,31,32). The Morgan fingerprint density at radius 1 is 1.17 bits per heavy atom. The van der Waals surface area contributed by atoms with E-state index in [9.17, 15) is 13.7 Å². The number of halogens is 1. The third-order valence-corrected chi connectivity index (χ3v) is 6.91. The summed E-state index contributed by atoms with van der Waals surface area (Å²) in [4.78, 5) is 13.0. The molecule has 2 aromatic carbocycles. The number of rotatable bonds is 8. The van der Waals surface area contributed by atoms with Gasteiger partial charge in [-0.15, -0.1) is 0 Å². The fourth-order valence-electron chi connectivity index (χ4n) is 4.09. The molecule has 0 atom stereocenters. The summed E-state index contributed by atoms with van der Waals surface area (Å²) in [5, 5.41) is 10.1. The normalized spacial score (nSPS) is 13.1. The molecule has 0 radical (unpaired) electrons. The molecule has 3 aromatic rings. The predicted molar refractivity (Wildman–Crippen MR) is 140 cm³/mol. The predicted octanol–water partition coefficient (Wildman–Crippen LogP) is 4.84. The zero-order valence-electron chi connectivity index (χ0n) is 20.5. The number of hydrogen-bond donors (Lipinski definition) is 1. The van der Waals surface area contributed by atoms with Crippen LogP contribution in [0.4, 0.5) is 5.82 Å². The Kier molecular flexibility index (Phi) is 7.03. The van der Waals surface area contributed by atoms with Crippen LogP contribution in [0.1, 0.15) is 60.7 Å². The van der Waals surface area contributed by atoms with E-state index in [1.54, 1.807) is 0 Å². The molecule has 0 unspecified atom stereocenters. The molecule has 0 aliphatic carbocycles. The van der Waals surface area contributed by atoms with E-state index in [0.29, 0.717) is 46.5 Å². The lowest BCUT2D eigenvalue weighted by atomic mass is 9.77. The first-order valence-corrected chi connectivity index (χ1v) is 13.7. The third kappa shape index (κ3) is 5.06. The van der Waals surface area contributed by atoms with Crippen molar-refractivity contribution in [2.24, 2.45) is 4.99 Å². The molecule has 36 heavy (non-hydrogen) atoms. The maximum absolute atomic E-state index is 11.7. The number of ether oxygens (including phenoxy) is 1. The lowest BCUT2D eigenvalue weighted by Gasteiger charge is -2.27. The number of hydrogen-bond acceptors (Lipinski definition) is 7. The lowest BCUT2D eigenvalue weighted by Crippen LogP contribution is -2.19. The molecule has 0 saturated carbocycles. The number of nitriles is 1. The highest BCUT2D eigenvalue weighted by molar-refractivity contribution is 7.92. The van der Waals surface area contributed by atoms with Crippen LogP contribution in [0.3, 0.4) is 0 Å². The van der Waals surface area contributed by atoms with Gasteiger partial charge in [0.15, 0.2) is 5.75 Å². The van der Waals surface area contributed by atoms with Crippen LogP contribution in [0.2, 0.25) is 5.02 Å². The Morgan fingerprint density at radius 3 is 2.53 bits per heavy atom. The first-order chi connectivity index (χ1) is 17.0. The average molecular weight is 524 g/mol. The van der Waals surface area contributed by atoms with Gasteiger partial charge in [0.2, 0.25) is 10.0 Å². The average Bonchev–Trinajstić information content (AvgIpc) is 3.27. The molecular weight excluding hydrogens is 498 g/mol. The van der Waals surface area contributed by atoms with Crippen LogP contribution >= 0.6 is 11.6 Å². The molecule has 1 aliphatic heterocycles. The van der Waals surface area contributed by atoms with E-state index in [1.165, 1.54) is 6.33 Å². The zero-order valence-corrected chi connectivity index (χ0v) is 22.0. The van der Waals surface area contributed by atoms with Crippen molar-refractivity contribution in [2.75, 3.05) is 17.6 Å². The number of benzene rings is 2. The summed E-state index contributed by atoms with van der Waals surface area (Å²) in [6.07, 6.45) is 3.23. The van der Waals surface area contributed by atoms with Crippen molar-refractivity contribution in [2.45, 2.75) is 39.2 Å². The molecule has 0 amide bonds. The van der Waals surface area contributed by atoms with Crippen molar-refractivity contribution < 1.29 is 13.2 Å². The van der Waals surface area contributed by atoms with Gasteiger partial charge in [0.05, 0.1) is 41.4 Å². The summed E-state index contributed by atoms with van der Waals surface area (Å²) >= 11 is 6.51. The molecule has 2 heterocycles. The maximum atomic E-state index is 11.7. The third-order valence-electron chi connectivity index (χ3n) is 6.06. The van der Waals surface area contributed by atoms with Crippen LogP contribution in [-0.2, 0) is 22.0 Å². The highest BCUT2D eigenvalue weighted by atomic mass is 35.5. The summed E-state index contributed by atoms with van der Waals surface area (Å²) in [7, 11) is -3.47. The Balaban J connectivity index is 1.64. The Labute approximate surface area is 216 Å². The number of nitrogens with one attached hydrogen (secondary N) is 1. The van der Waals surface area contributed by atoms with Gasteiger partial charge in [-0.2, -0.15) is 5.26 Å². The summed E-state index contributed by atoms with van der Waals surface area (Å²) in [5.74, 6) is 0.663. The Morgan fingerprint density at radius 2 is 1.89 bits per heavy atom. The molecule has 186 valence electrons. The minimum Gasteiger partial charge on any atom is -0.491 e. The van der Waals surface area contributed by atoms with Crippen molar-refractivity contribution >= 4 is 33.2 Å². The van der Waals surface area contributed by atoms with Gasteiger partial charge in [-0.05, 0) is 29.7 Å². The number of aromatic nitrogens is 2. The van der Waals surface area contributed by atoms with E-state index < -0.39 is 15.4 Å². The number of sulfonamides is 1. The van der Waals surface area contributed by atoms with Crippen LogP contribution in [0.25, 0.3) is 0 Å². The summed E-state index contributed by atoms with van der Waals surface area (Å²) in [5.41, 5.74) is 4.68. The van der Waals surface area contributed by atoms with Gasteiger partial charge in [-0.3, -0.25) is 9.71 Å². The molecular formula is C26H26ClN5O3S. The second kappa shape index (κ2) is 9.88. The van der Waals surface area contributed by atoms with E-state index in [4.69, 9.17) is 16.3 Å². The maximum Gasteiger partial charge on any atom is 0.230 e. The van der Waals surface area contributed by atoms with Crippen LogP contribution in [0, 0.1) is 11.3 Å². The highest BCUT2D eigenvalue weighted by Crippen LogP contribution is 2.38. The van der Waals surface area contributed by atoms with Crippen molar-refractivity contribution in [3.05, 3.63) is 81.3 Å². The number of aliphatic imine (C=N–C) groups is 1. The van der Waals surface area contributed by atoms with Crippen molar-refractivity contribution in [1.82, 2.24) is 9.97 Å². The van der Waals surface area contributed by atoms with E-state index in [0.717, 1.165) is 29.4 Å². The molecule has 0 saturated heterocycles. The van der Waals surface area contributed by atoms with Crippen LogP contribution in [0.5, 0.6) is 5.75 Å². The van der Waals surface area contributed by atoms with Crippen LogP contribution in [0.15, 0.2) is 47.7 Å². The first kappa shape index (κ1) is 25.6. The molecule has 1 aliphatic rings. The Bertz CT molecular complexity index is 1490. The van der Waals surface area contributed by atoms with Gasteiger partial charge in [0.1, 0.15) is 18.2 Å². The first-order valence-electron chi connectivity index (χ1n) is 11.4. The summed E-state index contributed by atoms with van der Waals surface area (Å²) < 4.78 is 31.5. The van der Waals surface area contributed by atoms with Crippen molar-refractivity contribution in [3.8, 4) is 11.8 Å². The van der Waals surface area contributed by atoms with Crippen molar-refractivity contribution in [1.29, 1.82) is 5.26 Å². The van der Waals surface area contributed by atoms with Gasteiger partial charge in [0, 0.05) is 16.5 Å². The lowest BCUT2D eigenvalue weighted by molar-refractivity contribution is 0.316. The number of fused-ring (bicyclic) bond motifs is 1. The van der Waals surface area contributed by atoms with Gasteiger partial charge >= 0.3 is 0 Å². The quantitative estimate of drug-likeness (QED) is 0.451. The molecule has 1 N–H and O–H groups in total. The molecule has 10 heteroatoms.